The molecular formula is C16H12O9. The number of hydrogen-bond donors (Lipinski definition) is 3. The first-order valence-electron chi connectivity index (χ1n) is 7.01. The van der Waals surface area contributed by atoms with Crippen LogP contribution in [-0.2, 0) is 9.53 Å². The Bertz CT molecular complexity index is 970. The number of carboxylic acids is 1. The van der Waals surface area contributed by atoms with Gasteiger partial charge in [0.05, 0.1) is 30.6 Å². The lowest BCUT2D eigenvalue weighted by molar-refractivity contribution is -0.144. The highest BCUT2D eigenvalue weighted by atomic mass is 16.6. The molecular weight excluding hydrogens is 336 g/mol. The van der Waals surface area contributed by atoms with Crippen molar-refractivity contribution in [2.45, 2.75) is 12.0 Å². The van der Waals surface area contributed by atoms with Crippen molar-refractivity contribution in [1.82, 2.24) is 0 Å². The standard InChI is InChI=1S/C16H12O9/c1-23-15(22)11-7(17)2-3-24-16-12(11)13(19)10-8(18)4-6(14(20)21)5-9(10)25-16/h2-5,7,11,17-18H,1H3,(H,20,21)/t7-,11-/m1/s1. The molecule has 0 bridgehead atoms. The summed E-state index contributed by atoms with van der Waals surface area (Å²) in [5.41, 5.74) is -1.73. The second kappa shape index (κ2) is 5.95. The SMILES string of the molecule is COC(=O)[C@H]1c2c(oc3cc(C(=O)O)cc(O)c3c2=O)OC=C[C@H]1O. The van der Waals surface area contributed by atoms with E-state index in [4.69, 9.17) is 14.3 Å². The van der Waals surface area contributed by atoms with Gasteiger partial charge in [-0.25, -0.2) is 4.79 Å². The highest BCUT2D eigenvalue weighted by Crippen LogP contribution is 2.35. The smallest absolute Gasteiger partial charge is 0.335 e. The molecule has 2 heterocycles. The van der Waals surface area contributed by atoms with E-state index in [-0.39, 0.29) is 22.1 Å². The average molecular weight is 348 g/mol. The molecule has 1 aromatic heterocycles. The summed E-state index contributed by atoms with van der Waals surface area (Å²) >= 11 is 0. The van der Waals surface area contributed by atoms with Crippen molar-refractivity contribution in [2.24, 2.45) is 0 Å². The van der Waals surface area contributed by atoms with Gasteiger partial charge in [-0.3, -0.25) is 9.59 Å². The lowest BCUT2D eigenvalue weighted by atomic mass is 9.93. The summed E-state index contributed by atoms with van der Waals surface area (Å²) in [6.45, 7) is 0. The summed E-state index contributed by atoms with van der Waals surface area (Å²) in [6, 6.07) is 1.92. The molecule has 130 valence electrons. The number of carbonyl (C=O) groups is 2. The molecule has 0 fully saturated rings. The van der Waals surface area contributed by atoms with Crippen molar-refractivity contribution in [2.75, 3.05) is 7.11 Å². The Kier molecular flexibility index (Phi) is 3.93. The van der Waals surface area contributed by atoms with E-state index in [1.165, 1.54) is 0 Å². The monoisotopic (exact) mass is 348 g/mol. The molecule has 1 aliphatic rings. The number of aromatic carboxylic acids is 1. The Hall–Kier alpha value is -3.33. The van der Waals surface area contributed by atoms with Crippen LogP contribution in [0.15, 0.2) is 33.7 Å². The van der Waals surface area contributed by atoms with Crippen molar-refractivity contribution < 1.29 is 38.8 Å². The normalized spacial score (nSPS) is 19.0. The second-order valence-corrected chi connectivity index (χ2v) is 5.24. The first-order chi connectivity index (χ1) is 11.8. The molecule has 1 aromatic carbocycles. The molecule has 0 radical (unpaired) electrons. The highest BCUT2D eigenvalue weighted by Gasteiger charge is 2.37. The van der Waals surface area contributed by atoms with Gasteiger partial charge in [0.2, 0.25) is 5.43 Å². The number of esters is 1. The minimum atomic E-state index is -1.43. The molecule has 0 saturated carbocycles. The number of carbonyl (C=O) groups excluding carboxylic acids is 1. The van der Waals surface area contributed by atoms with Gasteiger partial charge in [0.1, 0.15) is 22.6 Å². The van der Waals surface area contributed by atoms with Gasteiger partial charge in [-0.1, -0.05) is 0 Å². The number of hydrogen-bond acceptors (Lipinski definition) is 8. The number of aliphatic hydroxyl groups excluding tert-OH is 1. The molecule has 0 spiro atoms. The minimum absolute atomic E-state index is 0.241. The van der Waals surface area contributed by atoms with Crippen LogP contribution in [-0.4, -0.2) is 40.5 Å². The van der Waals surface area contributed by atoms with E-state index in [0.717, 1.165) is 31.6 Å². The number of rotatable bonds is 2. The lowest BCUT2D eigenvalue weighted by Gasteiger charge is -2.17. The van der Waals surface area contributed by atoms with Gasteiger partial charge < -0.3 is 29.2 Å². The zero-order chi connectivity index (χ0) is 18.3. The number of methoxy groups -OCH3 is 1. The van der Waals surface area contributed by atoms with E-state index in [2.05, 4.69) is 4.74 Å². The zero-order valence-corrected chi connectivity index (χ0v) is 12.8. The van der Waals surface area contributed by atoms with Crippen molar-refractivity contribution in [1.29, 1.82) is 0 Å². The maximum absolute atomic E-state index is 12.8. The lowest BCUT2D eigenvalue weighted by Crippen LogP contribution is -2.30. The van der Waals surface area contributed by atoms with Crippen molar-refractivity contribution >= 4 is 22.9 Å². The van der Waals surface area contributed by atoms with Crippen LogP contribution >= 0.6 is 0 Å². The van der Waals surface area contributed by atoms with E-state index < -0.39 is 41.1 Å². The first-order valence-corrected chi connectivity index (χ1v) is 7.01. The Morgan fingerprint density at radius 3 is 2.64 bits per heavy atom. The molecule has 3 rings (SSSR count). The van der Waals surface area contributed by atoms with Gasteiger partial charge in [0, 0.05) is 0 Å². The van der Waals surface area contributed by atoms with Gasteiger partial charge in [-0.2, -0.15) is 0 Å². The van der Waals surface area contributed by atoms with Crippen molar-refractivity contribution in [3.05, 3.63) is 45.8 Å². The maximum atomic E-state index is 12.8. The van der Waals surface area contributed by atoms with Gasteiger partial charge in [-0.15, -0.1) is 0 Å². The summed E-state index contributed by atoms with van der Waals surface area (Å²) < 4.78 is 15.1. The van der Waals surface area contributed by atoms with Crippen LogP contribution < -0.4 is 10.2 Å². The molecule has 1 aliphatic heterocycles. The average Bonchev–Trinajstić information content (AvgIpc) is 2.72. The summed E-state index contributed by atoms with van der Waals surface area (Å²) in [7, 11) is 1.09. The Labute approximate surface area is 139 Å². The number of aromatic hydroxyl groups is 1. The highest BCUT2D eigenvalue weighted by molar-refractivity contribution is 5.96. The molecule has 3 N–H and O–H groups in total. The summed E-state index contributed by atoms with van der Waals surface area (Å²) in [6.07, 6.45) is 0.737. The fourth-order valence-electron chi connectivity index (χ4n) is 2.62. The number of fused-ring (bicyclic) bond motifs is 2. The fraction of sp³-hybridized carbons (Fsp3) is 0.188. The molecule has 25 heavy (non-hydrogen) atoms. The topological polar surface area (TPSA) is 144 Å². The Balaban J connectivity index is 2.38. The van der Waals surface area contributed by atoms with E-state index in [1.54, 1.807) is 0 Å². The molecule has 9 nitrogen and oxygen atoms in total. The minimum Gasteiger partial charge on any atom is -0.507 e. The number of phenolic OH excluding ortho intramolecular Hbond substituents is 1. The predicted molar refractivity (Wildman–Crippen MR) is 81.6 cm³/mol. The van der Waals surface area contributed by atoms with E-state index in [0.29, 0.717) is 0 Å². The molecule has 2 atom stereocenters. The van der Waals surface area contributed by atoms with Crippen molar-refractivity contribution in [3.8, 4) is 11.7 Å². The molecule has 2 aromatic rings. The van der Waals surface area contributed by atoms with Crippen LogP contribution in [0.1, 0.15) is 21.8 Å². The first kappa shape index (κ1) is 16.5. The van der Waals surface area contributed by atoms with Crippen LogP contribution in [0.2, 0.25) is 0 Å². The van der Waals surface area contributed by atoms with Crippen LogP contribution in [0.3, 0.4) is 0 Å². The molecule has 0 amide bonds. The van der Waals surface area contributed by atoms with Gasteiger partial charge in [0.25, 0.3) is 5.95 Å². The second-order valence-electron chi connectivity index (χ2n) is 5.24. The fourth-order valence-corrected chi connectivity index (χ4v) is 2.62. The van der Waals surface area contributed by atoms with Gasteiger partial charge in [0.15, 0.2) is 0 Å². The zero-order valence-electron chi connectivity index (χ0n) is 12.8. The van der Waals surface area contributed by atoms with E-state index in [9.17, 15) is 24.6 Å². The number of ether oxygens (including phenoxy) is 2. The third kappa shape index (κ3) is 2.60. The number of benzene rings is 1. The molecule has 9 heteroatoms. The number of carboxylic acid groups (broad SMARTS) is 1. The summed E-state index contributed by atoms with van der Waals surface area (Å²) in [5, 5.41) is 28.8. The van der Waals surface area contributed by atoms with E-state index >= 15 is 0 Å². The molecule has 0 unspecified atom stereocenters. The Morgan fingerprint density at radius 2 is 2.00 bits per heavy atom. The summed E-state index contributed by atoms with van der Waals surface area (Å²) in [5.74, 6) is -4.71. The van der Waals surface area contributed by atoms with Crippen LogP contribution in [0.4, 0.5) is 0 Å². The van der Waals surface area contributed by atoms with Crippen LogP contribution in [0, 0.1) is 0 Å². The van der Waals surface area contributed by atoms with Gasteiger partial charge >= 0.3 is 11.9 Å². The van der Waals surface area contributed by atoms with Crippen LogP contribution in [0.5, 0.6) is 11.7 Å². The van der Waals surface area contributed by atoms with Crippen LogP contribution in [0.25, 0.3) is 11.0 Å². The van der Waals surface area contributed by atoms with E-state index in [1.807, 2.05) is 0 Å². The van der Waals surface area contributed by atoms with Gasteiger partial charge in [-0.05, 0) is 18.2 Å². The quantitative estimate of drug-likeness (QED) is 0.669. The predicted octanol–water partition coefficient (Wildman–Crippen LogP) is 0.720. The maximum Gasteiger partial charge on any atom is 0.335 e. The third-order valence-electron chi connectivity index (χ3n) is 3.78. The molecule has 0 aliphatic carbocycles. The number of aliphatic hydroxyl groups is 1. The van der Waals surface area contributed by atoms with Crippen molar-refractivity contribution in [3.63, 3.8) is 0 Å². The molecule has 0 saturated heterocycles. The largest absolute Gasteiger partial charge is 0.507 e. The summed E-state index contributed by atoms with van der Waals surface area (Å²) in [4.78, 5) is 35.9. The Morgan fingerprint density at radius 1 is 1.28 bits per heavy atom. The number of phenols is 1. The third-order valence-corrected chi connectivity index (χ3v) is 3.78.